The molecule has 0 aliphatic rings. The number of sulfone groups is 1. The fourth-order valence-corrected chi connectivity index (χ4v) is 4.97. The number of halogens is 2. The molecule has 32 heavy (non-hydrogen) atoms. The van der Waals surface area contributed by atoms with Crippen molar-refractivity contribution in [1.29, 1.82) is 0 Å². The van der Waals surface area contributed by atoms with Crippen LogP contribution in [0.3, 0.4) is 0 Å². The van der Waals surface area contributed by atoms with E-state index in [2.05, 4.69) is 10.6 Å². The number of hydrogen-bond donors (Lipinski definition) is 3. The molecule has 3 rings (SSSR count). The lowest BCUT2D eigenvalue weighted by molar-refractivity contribution is 0.249. The quantitative estimate of drug-likeness (QED) is 0.414. The van der Waals surface area contributed by atoms with Crippen LogP contribution in [0, 0.1) is 0 Å². The van der Waals surface area contributed by atoms with Gasteiger partial charge in [0.05, 0.1) is 33.3 Å². The Labute approximate surface area is 197 Å². The molecule has 0 heterocycles. The van der Waals surface area contributed by atoms with Crippen LogP contribution in [-0.2, 0) is 22.2 Å². The molecule has 1 atom stereocenters. The molecule has 0 aliphatic heterocycles. The van der Waals surface area contributed by atoms with Gasteiger partial charge in [-0.25, -0.2) is 13.2 Å². The highest BCUT2D eigenvalue weighted by Crippen LogP contribution is 2.29. The van der Waals surface area contributed by atoms with E-state index in [1.165, 1.54) is 24.3 Å². The lowest BCUT2D eigenvalue weighted by atomic mass is 10.1. The van der Waals surface area contributed by atoms with Gasteiger partial charge in [-0.1, -0.05) is 59.6 Å². The Morgan fingerprint density at radius 3 is 2.34 bits per heavy atom. The number of carbonyl (C=O) groups excluding carboxylic acids is 1. The zero-order chi connectivity index (χ0) is 23.3. The Morgan fingerprint density at radius 1 is 1.00 bits per heavy atom. The van der Waals surface area contributed by atoms with Crippen molar-refractivity contribution in [2.75, 3.05) is 5.32 Å². The summed E-state index contributed by atoms with van der Waals surface area (Å²) >= 11 is 12.2. The molecule has 3 aromatic carbocycles. The predicted octanol–water partition coefficient (Wildman–Crippen LogP) is 5.34. The number of urea groups is 1. The van der Waals surface area contributed by atoms with E-state index in [1.54, 1.807) is 49.4 Å². The Kier molecular flexibility index (Phi) is 7.79. The number of aliphatic hydroxyl groups excluding tert-OH is 1. The van der Waals surface area contributed by atoms with Gasteiger partial charge in [-0.15, -0.1) is 0 Å². The zero-order valence-corrected chi connectivity index (χ0v) is 19.5. The number of hydrogen-bond acceptors (Lipinski definition) is 4. The van der Waals surface area contributed by atoms with Crippen molar-refractivity contribution in [2.45, 2.75) is 30.2 Å². The molecule has 6 nitrogen and oxygen atoms in total. The van der Waals surface area contributed by atoms with Crippen LogP contribution in [-0.4, -0.2) is 19.6 Å². The van der Waals surface area contributed by atoms with Gasteiger partial charge < -0.3 is 15.7 Å². The summed E-state index contributed by atoms with van der Waals surface area (Å²) in [6, 6.07) is 17.0. The molecule has 0 aromatic heterocycles. The van der Waals surface area contributed by atoms with Crippen LogP contribution in [0.4, 0.5) is 10.5 Å². The van der Waals surface area contributed by atoms with E-state index in [0.29, 0.717) is 32.4 Å². The molecule has 3 aromatic rings. The maximum atomic E-state index is 12.7. The van der Waals surface area contributed by atoms with E-state index in [4.69, 9.17) is 23.2 Å². The zero-order valence-electron chi connectivity index (χ0n) is 17.2. The molecule has 0 saturated heterocycles. The number of anilines is 1. The molecule has 1 unspecified atom stereocenters. The molecular weight excluding hydrogens is 471 g/mol. The molecule has 2 amide bonds. The molecule has 0 aliphatic carbocycles. The van der Waals surface area contributed by atoms with Gasteiger partial charge in [0.15, 0.2) is 9.84 Å². The van der Waals surface area contributed by atoms with Crippen molar-refractivity contribution in [3.05, 3.63) is 93.5 Å². The van der Waals surface area contributed by atoms with Crippen LogP contribution >= 0.6 is 23.2 Å². The number of carbonyl (C=O) groups is 1. The van der Waals surface area contributed by atoms with Crippen LogP contribution in [0.1, 0.15) is 29.7 Å². The van der Waals surface area contributed by atoms with Gasteiger partial charge in [-0.3, -0.25) is 0 Å². The second kappa shape index (κ2) is 10.4. The van der Waals surface area contributed by atoms with E-state index in [1.807, 2.05) is 0 Å². The lowest BCUT2D eigenvalue weighted by Crippen LogP contribution is -2.31. The Hall–Kier alpha value is -2.58. The van der Waals surface area contributed by atoms with Crippen molar-refractivity contribution in [1.82, 2.24) is 5.32 Å². The highest BCUT2D eigenvalue weighted by atomic mass is 35.5. The summed E-state index contributed by atoms with van der Waals surface area (Å²) < 4.78 is 25.4. The number of nitrogens with one attached hydrogen (secondary N) is 2. The minimum atomic E-state index is -3.58. The van der Waals surface area contributed by atoms with Crippen molar-refractivity contribution in [2.24, 2.45) is 0 Å². The number of benzene rings is 3. The van der Waals surface area contributed by atoms with Crippen molar-refractivity contribution >= 4 is 44.8 Å². The molecule has 9 heteroatoms. The third-order valence-corrected chi connectivity index (χ3v) is 7.33. The molecule has 168 valence electrons. The fourth-order valence-electron chi connectivity index (χ4n) is 3.16. The number of amides is 2. The predicted molar refractivity (Wildman–Crippen MR) is 127 cm³/mol. The summed E-state index contributed by atoms with van der Waals surface area (Å²) in [6.45, 7) is 1.62. The fraction of sp³-hybridized carbons (Fsp3) is 0.174. The Bertz CT molecular complexity index is 1210. The maximum absolute atomic E-state index is 12.7. The highest BCUT2D eigenvalue weighted by molar-refractivity contribution is 7.90. The summed E-state index contributed by atoms with van der Waals surface area (Å²) in [4.78, 5) is 12.5. The van der Waals surface area contributed by atoms with Gasteiger partial charge in [-0.2, -0.15) is 0 Å². The van der Waals surface area contributed by atoms with Gasteiger partial charge in [-0.05, 0) is 53.9 Å². The average Bonchev–Trinajstić information content (AvgIpc) is 2.75. The van der Waals surface area contributed by atoms with Crippen LogP contribution in [0.2, 0.25) is 10.0 Å². The molecule has 0 spiro atoms. The van der Waals surface area contributed by atoms with Gasteiger partial charge in [0.1, 0.15) is 0 Å². The minimum absolute atomic E-state index is 0.136. The first-order valence-corrected chi connectivity index (χ1v) is 12.1. The summed E-state index contributed by atoms with van der Waals surface area (Å²) in [7, 11) is -3.58. The maximum Gasteiger partial charge on any atom is 0.319 e. The standard InChI is InChI=1S/C23H22Cl2N2O4S/c1-15(20-6-3-7-21(24)22(20)25)26-23(29)27-18-8-10-19(11-9-18)32(30,31)14-17-5-2-4-16(12-17)13-28/h2-12,15,28H,13-14H2,1H3,(H2,26,27,29). The molecule has 3 N–H and O–H groups in total. The molecule has 0 fully saturated rings. The summed E-state index contributed by atoms with van der Waals surface area (Å²) in [5.74, 6) is -0.188. The van der Waals surface area contributed by atoms with Crippen LogP contribution in [0.25, 0.3) is 0 Å². The van der Waals surface area contributed by atoms with E-state index in [0.717, 1.165) is 0 Å². The van der Waals surface area contributed by atoms with E-state index >= 15 is 0 Å². The summed E-state index contributed by atoms with van der Waals surface area (Å²) in [5.41, 5.74) is 2.36. The lowest BCUT2D eigenvalue weighted by Gasteiger charge is -2.17. The van der Waals surface area contributed by atoms with Crippen LogP contribution in [0.15, 0.2) is 71.6 Å². The average molecular weight is 493 g/mol. The topological polar surface area (TPSA) is 95.5 Å². The van der Waals surface area contributed by atoms with Crippen molar-refractivity contribution in [3.8, 4) is 0 Å². The van der Waals surface area contributed by atoms with E-state index in [9.17, 15) is 18.3 Å². The second-order valence-electron chi connectivity index (χ2n) is 7.22. The van der Waals surface area contributed by atoms with Crippen LogP contribution in [0.5, 0.6) is 0 Å². The largest absolute Gasteiger partial charge is 0.392 e. The third-order valence-electron chi connectivity index (χ3n) is 4.80. The van der Waals surface area contributed by atoms with Gasteiger partial charge in [0, 0.05) is 5.69 Å². The first kappa shape index (κ1) is 24.1. The highest BCUT2D eigenvalue weighted by Gasteiger charge is 2.17. The number of rotatable bonds is 7. The monoisotopic (exact) mass is 492 g/mol. The van der Waals surface area contributed by atoms with Crippen LogP contribution < -0.4 is 10.6 Å². The normalized spacial score (nSPS) is 12.2. The Balaban J connectivity index is 1.64. The van der Waals surface area contributed by atoms with E-state index in [-0.39, 0.29) is 17.3 Å². The van der Waals surface area contributed by atoms with Gasteiger partial charge in [0.25, 0.3) is 0 Å². The molecular formula is C23H22Cl2N2O4S. The first-order chi connectivity index (χ1) is 15.2. The summed E-state index contributed by atoms with van der Waals surface area (Å²) in [5, 5.41) is 15.4. The molecule has 0 radical (unpaired) electrons. The SMILES string of the molecule is CC(NC(=O)Nc1ccc(S(=O)(=O)Cc2cccc(CO)c2)cc1)c1cccc(Cl)c1Cl. The smallest absolute Gasteiger partial charge is 0.319 e. The Morgan fingerprint density at radius 2 is 1.66 bits per heavy atom. The number of aliphatic hydroxyl groups is 1. The van der Waals surface area contributed by atoms with Gasteiger partial charge in [0.2, 0.25) is 0 Å². The van der Waals surface area contributed by atoms with Gasteiger partial charge >= 0.3 is 6.03 Å². The van der Waals surface area contributed by atoms with Crippen molar-refractivity contribution < 1.29 is 18.3 Å². The molecule has 0 bridgehead atoms. The van der Waals surface area contributed by atoms with E-state index < -0.39 is 21.9 Å². The third kappa shape index (κ3) is 6.01. The molecule has 0 saturated carbocycles. The first-order valence-electron chi connectivity index (χ1n) is 9.72. The van der Waals surface area contributed by atoms with Crippen molar-refractivity contribution in [3.63, 3.8) is 0 Å². The second-order valence-corrected chi connectivity index (χ2v) is 10.00. The minimum Gasteiger partial charge on any atom is -0.392 e. The summed E-state index contributed by atoms with van der Waals surface area (Å²) in [6.07, 6.45) is 0.